The molecule has 2 heterocycles. The molecular formula is C10H4F3IrN2-. The van der Waals surface area contributed by atoms with Gasteiger partial charge in [-0.25, -0.2) is 13.2 Å². The fourth-order valence-corrected chi connectivity index (χ4v) is 1.09. The molecule has 2 aromatic rings. The van der Waals surface area contributed by atoms with Gasteiger partial charge in [0.25, 0.3) is 0 Å². The van der Waals surface area contributed by atoms with Crippen LogP contribution in [-0.4, -0.2) is 9.97 Å². The Labute approximate surface area is 103 Å². The zero-order valence-electron chi connectivity index (χ0n) is 7.67. The van der Waals surface area contributed by atoms with Crippen molar-refractivity contribution in [3.8, 4) is 11.3 Å². The van der Waals surface area contributed by atoms with E-state index in [0.717, 1.165) is 18.2 Å². The van der Waals surface area contributed by atoms with E-state index >= 15 is 0 Å². The molecule has 1 radical (unpaired) electrons. The quantitative estimate of drug-likeness (QED) is 0.542. The molecule has 16 heavy (non-hydrogen) atoms. The molecule has 2 aromatic heterocycles. The van der Waals surface area contributed by atoms with Crippen molar-refractivity contribution in [2.24, 2.45) is 0 Å². The minimum atomic E-state index is -1.06. The fourth-order valence-electron chi connectivity index (χ4n) is 1.09. The van der Waals surface area contributed by atoms with Crippen LogP contribution in [0, 0.1) is 23.8 Å². The predicted octanol–water partition coefficient (Wildman–Crippen LogP) is 2.36. The molecule has 0 fully saturated rings. The third-order valence-electron chi connectivity index (χ3n) is 1.72. The maximum absolute atomic E-state index is 13.1. The number of aromatic nitrogens is 2. The molecule has 0 saturated heterocycles. The van der Waals surface area contributed by atoms with E-state index in [1.807, 2.05) is 0 Å². The summed E-state index contributed by atoms with van der Waals surface area (Å²) in [5.41, 5.74) is -0.129. The topological polar surface area (TPSA) is 25.8 Å². The van der Waals surface area contributed by atoms with E-state index in [9.17, 15) is 13.2 Å². The standard InChI is InChI=1S/C10H4F3N2.Ir/c11-6-3-4-14-8(5-6)7-1-2-9(12)15-10(7)13;/h2-5H;/q-1;. The summed E-state index contributed by atoms with van der Waals surface area (Å²) < 4.78 is 38.4. The maximum atomic E-state index is 13.1. The van der Waals surface area contributed by atoms with Crippen molar-refractivity contribution in [2.45, 2.75) is 0 Å². The van der Waals surface area contributed by atoms with Gasteiger partial charge in [-0.1, -0.05) is 11.6 Å². The van der Waals surface area contributed by atoms with Gasteiger partial charge in [-0.2, -0.15) is 0 Å². The Hall–Kier alpha value is -1.26. The van der Waals surface area contributed by atoms with Gasteiger partial charge < -0.3 is 4.98 Å². The van der Waals surface area contributed by atoms with Crippen LogP contribution in [0.15, 0.2) is 24.4 Å². The molecule has 0 aliphatic heterocycles. The monoisotopic (exact) mass is 402 g/mol. The third-order valence-corrected chi connectivity index (χ3v) is 1.72. The van der Waals surface area contributed by atoms with Gasteiger partial charge in [0.1, 0.15) is 17.7 Å². The van der Waals surface area contributed by atoms with Crippen molar-refractivity contribution >= 4 is 0 Å². The van der Waals surface area contributed by atoms with Crippen LogP contribution in [0.1, 0.15) is 0 Å². The Balaban J connectivity index is 0.00000128. The van der Waals surface area contributed by atoms with Gasteiger partial charge >= 0.3 is 0 Å². The smallest absolute Gasteiger partial charge is 0.128 e. The predicted molar refractivity (Wildman–Crippen MR) is 46.2 cm³/mol. The van der Waals surface area contributed by atoms with E-state index in [1.165, 1.54) is 6.20 Å². The van der Waals surface area contributed by atoms with Crippen LogP contribution >= 0.6 is 0 Å². The van der Waals surface area contributed by atoms with Crippen molar-refractivity contribution in [3.63, 3.8) is 0 Å². The second-order valence-corrected chi connectivity index (χ2v) is 2.75. The third kappa shape index (κ3) is 2.65. The van der Waals surface area contributed by atoms with Gasteiger partial charge in [0.15, 0.2) is 0 Å². The van der Waals surface area contributed by atoms with Crippen molar-refractivity contribution < 1.29 is 33.3 Å². The first kappa shape index (κ1) is 12.8. The summed E-state index contributed by atoms with van der Waals surface area (Å²) in [6.45, 7) is 0. The van der Waals surface area contributed by atoms with E-state index in [1.54, 1.807) is 0 Å². The number of nitrogens with zero attached hydrogens (tertiary/aromatic N) is 2. The largest absolute Gasteiger partial charge is 0.304 e. The van der Waals surface area contributed by atoms with E-state index in [4.69, 9.17) is 0 Å². The molecular weight excluding hydrogens is 397 g/mol. The Morgan fingerprint density at radius 1 is 1.19 bits per heavy atom. The second kappa shape index (κ2) is 5.18. The van der Waals surface area contributed by atoms with Gasteiger partial charge in [-0.3, -0.25) is 4.98 Å². The minimum Gasteiger partial charge on any atom is -0.304 e. The van der Waals surface area contributed by atoms with E-state index < -0.39 is 17.7 Å². The molecule has 2 rings (SSSR count). The van der Waals surface area contributed by atoms with Gasteiger partial charge in [0.2, 0.25) is 0 Å². The van der Waals surface area contributed by atoms with Crippen LogP contribution in [0.5, 0.6) is 0 Å². The summed E-state index contributed by atoms with van der Waals surface area (Å²) in [4.78, 5) is 6.68. The van der Waals surface area contributed by atoms with Gasteiger partial charge in [-0.05, 0) is 17.8 Å². The summed E-state index contributed by atoms with van der Waals surface area (Å²) >= 11 is 0. The average molecular weight is 401 g/mol. The Morgan fingerprint density at radius 3 is 2.56 bits per heavy atom. The minimum absolute atomic E-state index is 0. The molecule has 2 nitrogen and oxygen atoms in total. The number of rotatable bonds is 1. The first-order valence-corrected chi connectivity index (χ1v) is 4.02. The van der Waals surface area contributed by atoms with Crippen molar-refractivity contribution in [2.75, 3.05) is 0 Å². The normalized spacial score (nSPS) is 9.69. The molecule has 85 valence electrons. The van der Waals surface area contributed by atoms with Crippen molar-refractivity contribution in [1.29, 1.82) is 0 Å². The molecule has 0 aromatic carbocycles. The Bertz CT molecular complexity index is 505. The first-order chi connectivity index (χ1) is 7.16. The molecule has 0 unspecified atom stereocenters. The first-order valence-electron chi connectivity index (χ1n) is 4.02. The number of hydrogen-bond acceptors (Lipinski definition) is 2. The summed E-state index contributed by atoms with van der Waals surface area (Å²) in [5, 5.41) is 0. The SMILES string of the molecule is Fc1ccnc(-c2[c-]cc(F)nc2F)c1.[Ir]. The van der Waals surface area contributed by atoms with Crippen molar-refractivity contribution in [3.05, 3.63) is 48.2 Å². The van der Waals surface area contributed by atoms with E-state index in [0.29, 0.717) is 0 Å². The molecule has 6 heteroatoms. The van der Waals surface area contributed by atoms with E-state index in [-0.39, 0.29) is 31.4 Å². The van der Waals surface area contributed by atoms with Crippen molar-refractivity contribution in [1.82, 2.24) is 9.97 Å². The summed E-state index contributed by atoms with van der Waals surface area (Å²) in [6.07, 6.45) is 1.18. The molecule has 0 amide bonds. The van der Waals surface area contributed by atoms with Crippen LogP contribution in [0.3, 0.4) is 0 Å². The molecule has 0 atom stereocenters. The molecule has 0 bridgehead atoms. The summed E-state index contributed by atoms with van der Waals surface area (Å²) in [7, 11) is 0. The fraction of sp³-hybridized carbons (Fsp3) is 0. The van der Waals surface area contributed by atoms with E-state index in [2.05, 4.69) is 16.0 Å². The van der Waals surface area contributed by atoms with Crippen LogP contribution in [0.25, 0.3) is 11.3 Å². The summed E-state index contributed by atoms with van der Waals surface area (Å²) in [5.74, 6) is -2.60. The Morgan fingerprint density at radius 2 is 1.94 bits per heavy atom. The molecule has 0 saturated carbocycles. The molecule has 0 spiro atoms. The molecule has 0 aliphatic rings. The molecule has 0 aliphatic carbocycles. The van der Waals surface area contributed by atoms with Crippen LogP contribution in [0.2, 0.25) is 0 Å². The van der Waals surface area contributed by atoms with Gasteiger partial charge in [0, 0.05) is 26.3 Å². The number of hydrogen-bond donors (Lipinski definition) is 0. The number of pyridine rings is 2. The van der Waals surface area contributed by atoms with Crippen LogP contribution < -0.4 is 0 Å². The van der Waals surface area contributed by atoms with Crippen LogP contribution in [0.4, 0.5) is 13.2 Å². The Kier molecular flexibility index (Phi) is 4.15. The molecule has 0 N–H and O–H groups in total. The summed E-state index contributed by atoms with van der Waals surface area (Å²) in [6, 6.07) is 5.32. The zero-order valence-corrected chi connectivity index (χ0v) is 10.1. The van der Waals surface area contributed by atoms with Gasteiger partial charge in [-0.15, -0.1) is 6.07 Å². The van der Waals surface area contributed by atoms with Crippen LogP contribution in [-0.2, 0) is 20.1 Å². The average Bonchev–Trinajstić information content (AvgIpc) is 2.17. The maximum Gasteiger partial charge on any atom is 0.128 e. The zero-order chi connectivity index (χ0) is 10.8. The number of halogens is 3. The van der Waals surface area contributed by atoms with Gasteiger partial charge in [0.05, 0.1) is 0 Å². The second-order valence-electron chi connectivity index (χ2n) is 2.75.